The molecule has 0 amide bonds. The SMILES string of the molecule is Cc1ccc(NCc2c(F)cccc2Cl)cc1NS(C)(=O)=O. The average molecular weight is 343 g/mol. The van der Waals surface area contributed by atoms with Gasteiger partial charge in [-0.1, -0.05) is 23.7 Å². The van der Waals surface area contributed by atoms with E-state index < -0.39 is 10.0 Å². The molecule has 0 aliphatic heterocycles. The van der Waals surface area contributed by atoms with Crippen molar-refractivity contribution < 1.29 is 12.8 Å². The number of nitrogens with one attached hydrogen (secondary N) is 2. The fraction of sp³-hybridized carbons (Fsp3) is 0.200. The highest BCUT2D eigenvalue weighted by atomic mass is 35.5. The maximum Gasteiger partial charge on any atom is 0.229 e. The first-order valence-electron chi connectivity index (χ1n) is 6.51. The van der Waals surface area contributed by atoms with Crippen molar-refractivity contribution in [3.63, 3.8) is 0 Å². The van der Waals surface area contributed by atoms with Gasteiger partial charge in [-0.3, -0.25) is 4.72 Å². The van der Waals surface area contributed by atoms with Crippen molar-refractivity contribution in [3.8, 4) is 0 Å². The zero-order chi connectivity index (χ0) is 16.3. The van der Waals surface area contributed by atoms with Crippen LogP contribution in [0.5, 0.6) is 0 Å². The van der Waals surface area contributed by atoms with Gasteiger partial charge in [-0.05, 0) is 36.8 Å². The van der Waals surface area contributed by atoms with Gasteiger partial charge in [0.05, 0.1) is 11.9 Å². The minimum Gasteiger partial charge on any atom is -0.381 e. The standard InChI is InChI=1S/C15H16ClFN2O2S/c1-10-6-7-11(8-15(10)19-22(2,20)21)18-9-12-13(16)4-3-5-14(12)17/h3-8,18-19H,9H2,1-2H3. The van der Waals surface area contributed by atoms with E-state index in [4.69, 9.17) is 11.6 Å². The van der Waals surface area contributed by atoms with E-state index in [1.54, 1.807) is 37.3 Å². The predicted molar refractivity (Wildman–Crippen MR) is 88.4 cm³/mol. The molecule has 0 aromatic heterocycles. The van der Waals surface area contributed by atoms with Crippen LogP contribution < -0.4 is 10.0 Å². The molecule has 2 N–H and O–H groups in total. The van der Waals surface area contributed by atoms with Crippen LogP contribution in [0.3, 0.4) is 0 Å². The molecular weight excluding hydrogens is 327 g/mol. The molecular formula is C15H16ClFN2O2S. The topological polar surface area (TPSA) is 58.2 Å². The van der Waals surface area contributed by atoms with Crippen LogP contribution in [0.2, 0.25) is 5.02 Å². The molecule has 0 radical (unpaired) electrons. The molecule has 0 aliphatic carbocycles. The second-order valence-corrected chi connectivity index (χ2v) is 7.11. The maximum atomic E-state index is 13.7. The summed E-state index contributed by atoms with van der Waals surface area (Å²) in [6.07, 6.45) is 1.09. The number of benzene rings is 2. The molecule has 7 heteroatoms. The highest BCUT2D eigenvalue weighted by molar-refractivity contribution is 7.92. The van der Waals surface area contributed by atoms with Crippen LogP contribution in [0.15, 0.2) is 36.4 Å². The van der Waals surface area contributed by atoms with Crippen molar-refractivity contribution in [2.75, 3.05) is 16.3 Å². The molecule has 0 unspecified atom stereocenters. The van der Waals surface area contributed by atoms with E-state index >= 15 is 0 Å². The number of halogens is 2. The zero-order valence-electron chi connectivity index (χ0n) is 12.2. The monoisotopic (exact) mass is 342 g/mol. The molecule has 0 atom stereocenters. The van der Waals surface area contributed by atoms with Crippen LogP contribution in [-0.4, -0.2) is 14.7 Å². The molecule has 0 fully saturated rings. The lowest BCUT2D eigenvalue weighted by Crippen LogP contribution is -2.11. The van der Waals surface area contributed by atoms with Gasteiger partial charge in [-0.25, -0.2) is 12.8 Å². The van der Waals surface area contributed by atoms with E-state index in [1.165, 1.54) is 6.07 Å². The third kappa shape index (κ3) is 4.35. The fourth-order valence-electron chi connectivity index (χ4n) is 1.93. The van der Waals surface area contributed by atoms with Gasteiger partial charge in [0.2, 0.25) is 10.0 Å². The summed E-state index contributed by atoms with van der Waals surface area (Å²) in [6.45, 7) is 2.00. The maximum absolute atomic E-state index is 13.7. The Bertz CT molecular complexity index is 774. The number of rotatable bonds is 5. The van der Waals surface area contributed by atoms with Gasteiger partial charge in [-0.15, -0.1) is 0 Å². The summed E-state index contributed by atoms with van der Waals surface area (Å²) >= 11 is 5.97. The first-order valence-corrected chi connectivity index (χ1v) is 8.78. The molecule has 0 heterocycles. The van der Waals surface area contributed by atoms with Crippen LogP contribution >= 0.6 is 11.6 Å². The normalized spacial score (nSPS) is 11.3. The second-order valence-electron chi connectivity index (χ2n) is 4.96. The highest BCUT2D eigenvalue weighted by Crippen LogP contribution is 2.24. The Labute approximate surface area is 134 Å². The Morgan fingerprint density at radius 3 is 2.59 bits per heavy atom. The first-order chi connectivity index (χ1) is 10.3. The largest absolute Gasteiger partial charge is 0.381 e. The van der Waals surface area contributed by atoms with Crippen molar-refractivity contribution in [1.82, 2.24) is 0 Å². The third-order valence-corrected chi connectivity index (χ3v) is 4.01. The lowest BCUT2D eigenvalue weighted by atomic mass is 10.1. The third-order valence-electron chi connectivity index (χ3n) is 3.06. The van der Waals surface area contributed by atoms with Crippen LogP contribution in [0.25, 0.3) is 0 Å². The highest BCUT2D eigenvalue weighted by Gasteiger charge is 2.09. The lowest BCUT2D eigenvalue weighted by molar-refractivity contribution is 0.606. The first kappa shape index (κ1) is 16.6. The Kier molecular flexibility index (Phi) is 4.93. The van der Waals surface area contributed by atoms with E-state index in [0.717, 1.165) is 11.8 Å². The van der Waals surface area contributed by atoms with E-state index in [9.17, 15) is 12.8 Å². The van der Waals surface area contributed by atoms with Crippen molar-refractivity contribution in [2.24, 2.45) is 0 Å². The number of aryl methyl sites for hydroxylation is 1. The summed E-state index contributed by atoms with van der Waals surface area (Å²) in [6, 6.07) is 9.73. The van der Waals surface area contributed by atoms with Gasteiger partial charge in [0, 0.05) is 22.8 Å². The molecule has 2 aromatic rings. The Hall–Kier alpha value is -1.79. The molecule has 0 spiro atoms. The summed E-state index contributed by atoms with van der Waals surface area (Å²) in [5, 5.41) is 3.38. The minimum atomic E-state index is -3.36. The van der Waals surface area contributed by atoms with Gasteiger partial charge in [0.1, 0.15) is 5.82 Å². The minimum absolute atomic E-state index is 0.201. The average Bonchev–Trinajstić information content (AvgIpc) is 2.40. The van der Waals surface area contributed by atoms with Gasteiger partial charge >= 0.3 is 0 Å². The van der Waals surface area contributed by atoms with E-state index in [0.29, 0.717) is 22.0 Å². The lowest BCUT2D eigenvalue weighted by Gasteiger charge is -2.13. The predicted octanol–water partition coefficient (Wildman–Crippen LogP) is 3.77. The van der Waals surface area contributed by atoms with Crippen molar-refractivity contribution in [3.05, 3.63) is 58.4 Å². The van der Waals surface area contributed by atoms with Crippen molar-refractivity contribution in [1.29, 1.82) is 0 Å². The number of anilines is 2. The Morgan fingerprint density at radius 2 is 1.95 bits per heavy atom. The molecule has 0 bridgehead atoms. The summed E-state index contributed by atoms with van der Waals surface area (Å²) < 4.78 is 38.8. The number of sulfonamides is 1. The Morgan fingerprint density at radius 1 is 1.23 bits per heavy atom. The fourth-order valence-corrected chi connectivity index (χ4v) is 2.78. The van der Waals surface area contributed by atoms with Gasteiger partial charge in [0.25, 0.3) is 0 Å². The van der Waals surface area contributed by atoms with Crippen molar-refractivity contribution in [2.45, 2.75) is 13.5 Å². The smallest absolute Gasteiger partial charge is 0.229 e. The number of hydrogen-bond acceptors (Lipinski definition) is 3. The van der Waals surface area contributed by atoms with Crippen LogP contribution in [-0.2, 0) is 16.6 Å². The molecule has 22 heavy (non-hydrogen) atoms. The summed E-state index contributed by atoms with van der Waals surface area (Å²) in [7, 11) is -3.36. The van der Waals surface area contributed by atoms with Gasteiger partial charge in [0.15, 0.2) is 0 Å². The molecule has 4 nitrogen and oxygen atoms in total. The second kappa shape index (κ2) is 6.54. The quantitative estimate of drug-likeness (QED) is 0.869. The van der Waals surface area contributed by atoms with Crippen LogP contribution in [0.4, 0.5) is 15.8 Å². The van der Waals surface area contributed by atoms with Gasteiger partial charge < -0.3 is 5.32 Å². The zero-order valence-corrected chi connectivity index (χ0v) is 13.7. The molecule has 0 saturated carbocycles. The number of hydrogen-bond donors (Lipinski definition) is 2. The van der Waals surface area contributed by atoms with E-state index in [-0.39, 0.29) is 12.4 Å². The van der Waals surface area contributed by atoms with Gasteiger partial charge in [-0.2, -0.15) is 0 Å². The molecule has 2 rings (SSSR count). The summed E-state index contributed by atoms with van der Waals surface area (Å²) in [5.41, 5.74) is 2.30. The molecule has 0 aliphatic rings. The van der Waals surface area contributed by atoms with E-state index in [2.05, 4.69) is 10.0 Å². The summed E-state index contributed by atoms with van der Waals surface area (Å²) in [5.74, 6) is -0.387. The van der Waals surface area contributed by atoms with Crippen molar-refractivity contribution >= 4 is 33.0 Å². The molecule has 2 aromatic carbocycles. The molecule has 0 saturated heterocycles. The Balaban J connectivity index is 2.19. The van der Waals surface area contributed by atoms with E-state index in [1.807, 2.05) is 0 Å². The molecule has 118 valence electrons. The van der Waals surface area contributed by atoms with Crippen LogP contribution in [0.1, 0.15) is 11.1 Å². The summed E-state index contributed by atoms with van der Waals surface area (Å²) in [4.78, 5) is 0. The van der Waals surface area contributed by atoms with Crippen LogP contribution in [0, 0.1) is 12.7 Å².